The first-order valence-electron chi connectivity index (χ1n) is 8.93. The van der Waals surface area contributed by atoms with Crippen LogP contribution in [0.5, 0.6) is 5.75 Å². The molecule has 0 unspecified atom stereocenters. The Kier molecular flexibility index (Phi) is 5.50. The molecule has 0 N–H and O–H groups in total. The summed E-state index contributed by atoms with van der Waals surface area (Å²) in [6.45, 7) is 6.36. The van der Waals surface area contributed by atoms with Gasteiger partial charge in [0.15, 0.2) is 18.9 Å². The van der Waals surface area contributed by atoms with Crippen molar-refractivity contribution in [1.29, 1.82) is 0 Å². The largest absolute Gasteiger partial charge is 0.491 e. The minimum atomic E-state index is -0.357. The summed E-state index contributed by atoms with van der Waals surface area (Å²) in [5, 5.41) is 11.4. The molecule has 0 aliphatic heterocycles. The number of rotatable bonds is 6. The number of nitro groups is 1. The second-order valence-electron chi connectivity index (χ2n) is 6.78. The molecule has 3 rings (SSSR count). The number of hydrogen-bond donors (Lipinski definition) is 0. The number of aromatic nitrogens is 1. The second-order valence-corrected chi connectivity index (χ2v) is 6.78. The lowest BCUT2D eigenvalue weighted by Gasteiger charge is -2.13. The number of benzene rings is 2. The predicted octanol–water partition coefficient (Wildman–Crippen LogP) is 4.69. The third-order valence-electron chi connectivity index (χ3n) is 4.33. The van der Waals surface area contributed by atoms with E-state index in [9.17, 15) is 10.1 Å². The molecular formula is C22H23N2O3+. The quantitative estimate of drug-likeness (QED) is 0.363. The van der Waals surface area contributed by atoms with Crippen molar-refractivity contribution in [3.63, 3.8) is 0 Å². The predicted molar refractivity (Wildman–Crippen MR) is 105 cm³/mol. The van der Waals surface area contributed by atoms with Gasteiger partial charge in [-0.15, -0.1) is 0 Å². The zero-order chi connectivity index (χ0) is 19.4. The Labute approximate surface area is 159 Å². The molecule has 0 amide bonds. The third-order valence-corrected chi connectivity index (χ3v) is 4.33. The highest BCUT2D eigenvalue weighted by Gasteiger charge is 2.19. The first-order chi connectivity index (χ1) is 12.9. The van der Waals surface area contributed by atoms with Gasteiger partial charge in [-0.3, -0.25) is 10.1 Å². The van der Waals surface area contributed by atoms with E-state index in [1.165, 1.54) is 11.6 Å². The molecule has 1 heterocycles. The summed E-state index contributed by atoms with van der Waals surface area (Å²) in [6.07, 6.45) is 3.93. The van der Waals surface area contributed by atoms with Crippen LogP contribution in [0, 0.1) is 17.0 Å². The molecule has 5 nitrogen and oxygen atoms in total. The number of hydrogen-bond acceptors (Lipinski definition) is 3. The first kappa shape index (κ1) is 18.6. The van der Waals surface area contributed by atoms with Crippen LogP contribution in [0.15, 0.2) is 67.0 Å². The Morgan fingerprint density at radius 3 is 2.33 bits per heavy atom. The van der Waals surface area contributed by atoms with E-state index in [-0.39, 0.29) is 16.7 Å². The van der Waals surface area contributed by atoms with Gasteiger partial charge >= 0.3 is 0 Å². The third kappa shape index (κ3) is 4.50. The summed E-state index contributed by atoms with van der Waals surface area (Å²) in [7, 11) is 0. The Morgan fingerprint density at radius 1 is 1.07 bits per heavy atom. The normalized spacial score (nSPS) is 10.8. The highest BCUT2D eigenvalue weighted by molar-refractivity contribution is 5.72. The molecule has 0 saturated heterocycles. The number of pyridine rings is 1. The van der Waals surface area contributed by atoms with Gasteiger partial charge in [0.2, 0.25) is 0 Å². The van der Waals surface area contributed by atoms with Gasteiger partial charge in [-0.25, -0.2) is 4.57 Å². The van der Waals surface area contributed by atoms with Crippen LogP contribution in [0.4, 0.5) is 5.69 Å². The molecule has 2 aromatic carbocycles. The lowest BCUT2D eigenvalue weighted by atomic mass is 9.99. The molecule has 0 fully saturated rings. The van der Waals surface area contributed by atoms with Crippen molar-refractivity contribution in [3.05, 3.63) is 88.2 Å². The van der Waals surface area contributed by atoms with Crippen molar-refractivity contribution in [2.75, 3.05) is 0 Å². The summed E-state index contributed by atoms with van der Waals surface area (Å²) in [6, 6.07) is 17.5. The van der Waals surface area contributed by atoms with Gasteiger partial charge in [0, 0.05) is 23.3 Å². The molecule has 138 valence electrons. The minimum Gasteiger partial charge on any atom is -0.491 e. The highest BCUT2D eigenvalue weighted by Crippen LogP contribution is 2.34. The Morgan fingerprint density at radius 2 is 1.74 bits per heavy atom. The van der Waals surface area contributed by atoms with Gasteiger partial charge in [-0.05, 0) is 38.0 Å². The molecule has 0 bridgehead atoms. The van der Waals surface area contributed by atoms with Crippen LogP contribution in [0.2, 0.25) is 0 Å². The standard InChI is InChI=1S/C22H23N2O3/c1-16(2)27-20-13-21(17(3)22(14-20)24(25)26)19-9-11-23(12-10-19)15-18-7-5-4-6-8-18/h4-14,16H,15H2,1-3H3/q+1. The van der Waals surface area contributed by atoms with Crippen molar-refractivity contribution in [1.82, 2.24) is 0 Å². The minimum absolute atomic E-state index is 0.0519. The van der Waals surface area contributed by atoms with Crippen LogP contribution in [-0.4, -0.2) is 11.0 Å². The zero-order valence-electron chi connectivity index (χ0n) is 15.8. The number of ether oxygens (including phenoxy) is 1. The smallest absolute Gasteiger partial charge is 0.276 e. The summed E-state index contributed by atoms with van der Waals surface area (Å²) in [5.74, 6) is 0.512. The fourth-order valence-corrected chi connectivity index (χ4v) is 3.04. The zero-order valence-corrected chi connectivity index (χ0v) is 15.8. The molecular weight excluding hydrogens is 340 g/mol. The summed E-state index contributed by atoms with van der Waals surface area (Å²) in [5.41, 5.74) is 3.66. The summed E-state index contributed by atoms with van der Waals surface area (Å²) >= 11 is 0. The van der Waals surface area contributed by atoms with E-state index < -0.39 is 0 Å². The fourth-order valence-electron chi connectivity index (χ4n) is 3.04. The van der Waals surface area contributed by atoms with Crippen molar-refractivity contribution in [2.45, 2.75) is 33.4 Å². The van der Waals surface area contributed by atoms with Crippen LogP contribution in [0.25, 0.3) is 11.1 Å². The van der Waals surface area contributed by atoms with Crippen LogP contribution in [-0.2, 0) is 6.54 Å². The summed E-state index contributed by atoms with van der Waals surface area (Å²) in [4.78, 5) is 11.1. The van der Waals surface area contributed by atoms with Crippen LogP contribution < -0.4 is 9.30 Å². The summed E-state index contributed by atoms with van der Waals surface area (Å²) < 4.78 is 7.80. The van der Waals surface area contributed by atoms with Gasteiger partial charge in [-0.1, -0.05) is 30.3 Å². The average molecular weight is 363 g/mol. The Hall–Kier alpha value is -3.21. The fraction of sp³-hybridized carbons (Fsp3) is 0.227. The van der Waals surface area contributed by atoms with Crippen molar-refractivity contribution in [2.24, 2.45) is 0 Å². The molecule has 0 aliphatic rings. The maximum atomic E-state index is 11.4. The van der Waals surface area contributed by atoms with E-state index in [2.05, 4.69) is 16.7 Å². The van der Waals surface area contributed by atoms with Crippen molar-refractivity contribution in [3.8, 4) is 16.9 Å². The van der Waals surface area contributed by atoms with Crippen LogP contribution in [0.1, 0.15) is 25.0 Å². The first-order valence-corrected chi connectivity index (χ1v) is 8.93. The molecule has 0 spiro atoms. The van der Waals surface area contributed by atoms with Crippen molar-refractivity contribution < 1.29 is 14.2 Å². The van der Waals surface area contributed by atoms with E-state index in [1.54, 1.807) is 6.92 Å². The molecule has 0 atom stereocenters. The van der Waals surface area contributed by atoms with Crippen LogP contribution in [0.3, 0.4) is 0 Å². The molecule has 27 heavy (non-hydrogen) atoms. The molecule has 1 aromatic heterocycles. The Balaban J connectivity index is 1.95. The SMILES string of the molecule is Cc1c(-c2cc[n+](Cc3ccccc3)cc2)cc(OC(C)C)cc1[N+](=O)[O-]. The molecule has 3 aromatic rings. The van der Waals surface area contributed by atoms with Gasteiger partial charge < -0.3 is 4.74 Å². The van der Waals surface area contributed by atoms with Crippen LogP contribution >= 0.6 is 0 Å². The number of nitro benzene ring substituents is 1. The van der Waals surface area contributed by atoms with E-state index >= 15 is 0 Å². The molecule has 0 radical (unpaired) electrons. The lowest BCUT2D eigenvalue weighted by Crippen LogP contribution is -2.32. The van der Waals surface area contributed by atoms with E-state index in [4.69, 9.17) is 4.74 Å². The van der Waals surface area contributed by atoms with Gasteiger partial charge in [0.1, 0.15) is 5.75 Å². The number of nitrogens with zero attached hydrogens (tertiary/aromatic N) is 2. The highest BCUT2D eigenvalue weighted by atomic mass is 16.6. The lowest BCUT2D eigenvalue weighted by molar-refractivity contribution is -0.688. The maximum absolute atomic E-state index is 11.4. The van der Waals surface area contributed by atoms with E-state index in [1.807, 2.05) is 62.6 Å². The maximum Gasteiger partial charge on any atom is 0.276 e. The monoisotopic (exact) mass is 363 g/mol. The van der Waals surface area contributed by atoms with E-state index in [0.29, 0.717) is 11.3 Å². The molecule has 0 aliphatic carbocycles. The molecule has 5 heteroatoms. The van der Waals surface area contributed by atoms with Gasteiger partial charge in [0.05, 0.1) is 17.1 Å². The average Bonchev–Trinajstić information content (AvgIpc) is 2.64. The van der Waals surface area contributed by atoms with Crippen molar-refractivity contribution >= 4 is 5.69 Å². The van der Waals surface area contributed by atoms with Gasteiger partial charge in [-0.2, -0.15) is 0 Å². The topological polar surface area (TPSA) is 56.2 Å². The van der Waals surface area contributed by atoms with Gasteiger partial charge in [0.25, 0.3) is 5.69 Å². The second kappa shape index (κ2) is 7.99. The molecule has 0 saturated carbocycles. The van der Waals surface area contributed by atoms with E-state index in [0.717, 1.165) is 17.7 Å². The Bertz CT molecular complexity index is 936.